The molecule has 0 amide bonds. The third-order valence-electron chi connectivity index (χ3n) is 3.37. The molecule has 0 spiro atoms. The number of alkyl halides is 2. The Balaban J connectivity index is 2.37. The molecule has 0 bridgehead atoms. The molecule has 0 saturated heterocycles. The van der Waals surface area contributed by atoms with Gasteiger partial charge >= 0.3 is 11.9 Å². The minimum absolute atomic E-state index is 0.104. The highest BCUT2D eigenvalue weighted by atomic mass is 19.3. The summed E-state index contributed by atoms with van der Waals surface area (Å²) < 4.78 is 26.3. The van der Waals surface area contributed by atoms with E-state index in [0.29, 0.717) is 12.3 Å². The molecule has 1 aliphatic rings. The molecule has 1 fully saturated rings. The van der Waals surface area contributed by atoms with E-state index >= 15 is 0 Å². The van der Waals surface area contributed by atoms with Gasteiger partial charge in [-0.25, -0.2) is 4.79 Å². The predicted molar refractivity (Wildman–Crippen MR) is 57.0 cm³/mol. The van der Waals surface area contributed by atoms with Crippen molar-refractivity contribution in [2.75, 3.05) is 0 Å². The maximum absolute atomic E-state index is 13.2. The van der Waals surface area contributed by atoms with Crippen LogP contribution in [0.5, 0.6) is 0 Å². The summed E-state index contributed by atoms with van der Waals surface area (Å²) in [7, 11) is 0. The lowest BCUT2D eigenvalue weighted by molar-refractivity contribution is -0.190. The second-order valence-electron chi connectivity index (χ2n) is 4.63. The number of carbonyl (C=O) groups is 1. The van der Waals surface area contributed by atoms with E-state index < -0.39 is 18.0 Å². The second-order valence-corrected chi connectivity index (χ2v) is 4.63. The van der Waals surface area contributed by atoms with Crippen molar-refractivity contribution in [2.45, 2.75) is 57.0 Å². The van der Waals surface area contributed by atoms with Crippen LogP contribution in [0.25, 0.3) is 0 Å². The molecule has 0 aromatic carbocycles. The van der Waals surface area contributed by atoms with Crippen LogP contribution < -0.4 is 5.90 Å². The van der Waals surface area contributed by atoms with Crippen LogP contribution in [-0.4, -0.2) is 23.1 Å². The lowest BCUT2D eigenvalue weighted by Crippen LogP contribution is -2.43. The molecule has 0 heterocycles. The van der Waals surface area contributed by atoms with Crippen LogP contribution in [0.3, 0.4) is 0 Å². The molecular weight excluding hydrogens is 232 g/mol. The number of aliphatic hydroxyl groups excluding tert-OH is 1. The number of hydrogen-bond donors (Lipinski definition) is 2. The molecule has 0 aromatic rings. The monoisotopic (exact) mass is 251 g/mol. The van der Waals surface area contributed by atoms with Gasteiger partial charge in [0.25, 0.3) is 0 Å². The zero-order chi connectivity index (χ0) is 12.9. The van der Waals surface area contributed by atoms with Gasteiger partial charge in [-0.1, -0.05) is 32.1 Å². The summed E-state index contributed by atoms with van der Waals surface area (Å²) in [5.41, 5.74) is 0. The number of halogens is 2. The van der Waals surface area contributed by atoms with Crippen LogP contribution in [0.15, 0.2) is 0 Å². The first kappa shape index (κ1) is 14.3. The fraction of sp³-hybridized carbons (Fsp3) is 0.909. The third kappa shape index (κ3) is 3.89. The van der Waals surface area contributed by atoms with E-state index in [1.54, 1.807) is 0 Å². The molecule has 17 heavy (non-hydrogen) atoms. The molecule has 0 radical (unpaired) electrons. The van der Waals surface area contributed by atoms with Gasteiger partial charge in [0.2, 0.25) is 0 Å². The van der Waals surface area contributed by atoms with Gasteiger partial charge in [-0.15, -0.1) is 0 Å². The zero-order valence-corrected chi connectivity index (χ0v) is 9.70. The van der Waals surface area contributed by atoms with Crippen LogP contribution in [0, 0.1) is 5.92 Å². The van der Waals surface area contributed by atoms with Crippen molar-refractivity contribution in [3.05, 3.63) is 0 Å². The Morgan fingerprint density at radius 2 is 2.00 bits per heavy atom. The summed E-state index contributed by atoms with van der Waals surface area (Å²) in [6, 6.07) is 0. The lowest BCUT2D eigenvalue weighted by atomic mass is 9.85. The van der Waals surface area contributed by atoms with E-state index in [1.165, 1.54) is 6.42 Å². The maximum atomic E-state index is 13.2. The highest BCUT2D eigenvalue weighted by Gasteiger charge is 2.48. The standard InChI is InChI=1S/C11H19F2NO3/c12-11(13,10(16)17-14)9(15)7-6-8-4-2-1-3-5-8/h8-9,15H,1-7,14H2/t9-/m1/s1. The Labute approximate surface area is 99.1 Å². The van der Waals surface area contributed by atoms with Crippen molar-refractivity contribution in [1.82, 2.24) is 0 Å². The van der Waals surface area contributed by atoms with Crippen molar-refractivity contribution in [1.29, 1.82) is 0 Å². The quantitative estimate of drug-likeness (QED) is 0.730. The Kier molecular flexibility index (Phi) is 5.27. The molecule has 6 heteroatoms. The minimum Gasteiger partial charge on any atom is -0.386 e. The summed E-state index contributed by atoms with van der Waals surface area (Å²) in [5.74, 6) is -1.02. The number of aliphatic hydroxyl groups is 1. The Bertz CT molecular complexity index is 255. The van der Waals surface area contributed by atoms with Gasteiger partial charge in [-0.05, 0) is 18.8 Å². The number of nitrogens with two attached hydrogens (primary N) is 1. The molecule has 0 aromatic heterocycles. The average Bonchev–Trinajstić information content (AvgIpc) is 2.35. The predicted octanol–water partition coefficient (Wildman–Crippen LogP) is 1.76. The second kappa shape index (κ2) is 6.26. The molecule has 4 nitrogen and oxygen atoms in total. The van der Waals surface area contributed by atoms with Gasteiger partial charge in [0.15, 0.2) is 0 Å². The smallest absolute Gasteiger partial charge is 0.386 e. The lowest BCUT2D eigenvalue weighted by Gasteiger charge is -2.24. The molecular formula is C11H19F2NO3. The number of rotatable bonds is 5. The topological polar surface area (TPSA) is 72.5 Å². The largest absolute Gasteiger partial charge is 0.398 e. The van der Waals surface area contributed by atoms with Crippen molar-refractivity contribution >= 4 is 5.97 Å². The van der Waals surface area contributed by atoms with Crippen molar-refractivity contribution in [3.63, 3.8) is 0 Å². The molecule has 1 saturated carbocycles. The molecule has 1 aliphatic carbocycles. The summed E-state index contributed by atoms with van der Waals surface area (Å²) in [6.45, 7) is 0. The Morgan fingerprint density at radius 3 is 2.53 bits per heavy atom. The van der Waals surface area contributed by atoms with Gasteiger partial charge in [-0.2, -0.15) is 14.7 Å². The summed E-state index contributed by atoms with van der Waals surface area (Å²) >= 11 is 0. The molecule has 0 aliphatic heterocycles. The van der Waals surface area contributed by atoms with Gasteiger partial charge in [0.05, 0.1) is 0 Å². The summed E-state index contributed by atoms with van der Waals surface area (Å²) in [6.07, 6.45) is 3.83. The van der Waals surface area contributed by atoms with Gasteiger partial charge in [-0.3, -0.25) is 0 Å². The number of carbonyl (C=O) groups excluding carboxylic acids is 1. The summed E-state index contributed by atoms with van der Waals surface area (Å²) in [4.78, 5) is 14.1. The zero-order valence-electron chi connectivity index (χ0n) is 9.70. The van der Waals surface area contributed by atoms with Gasteiger partial charge in [0, 0.05) is 0 Å². The average molecular weight is 251 g/mol. The van der Waals surface area contributed by atoms with Crippen molar-refractivity contribution in [2.24, 2.45) is 11.8 Å². The SMILES string of the molecule is NOC(=O)C(F)(F)[C@H](O)CCC1CCCCC1. The Hall–Kier alpha value is -0.750. The van der Waals surface area contributed by atoms with Crippen LogP contribution >= 0.6 is 0 Å². The first-order valence-corrected chi connectivity index (χ1v) is 5.95. The van der Waals surface area contributed by atoms with Gasteiger partial charge in [0.1, 0.15) is 6.10 Å². The third-order valence-corrected chi connectivity index (χ3v) is 3.37. The highest BCUT2D eigenvalue weighted by Crippen LogP contribution is 2.30. The van der Waals surface area contributed by atoms with E-state index in [0.717, 1.165) is 25.7 Å². The molecule has 1 rings (SSSR count). The number of hydrogen-bond acceptors (Lipinski definition) is 4. The van der Waals surface area contributed by atoms with E-state index in [2.05, 4.69) is 10.7 Å². The first-order valence-electron chi connectivity index (χ1n) is 5.95. The van der Waals surface area contributed by atoms with E-state index in [1.807, 2.05) is 0 Å². The maximum Gasteiger partial charge on any atom is 0.398 e. The summed E-state index contributed by atoms with van der Waals surface area (Å²) in [5, 5.41) is 9.30. The van der Waals surface area contributed by atoms with E-state index in [4.69, 9.17) is 0 Å². The molecule has 0 unspecified atom stereocenters. The Morgan fingerprint density at radius 1 is 1.41 bits per heavy atom. The van der Waals surface area contributed by atoms with E-state index in [-0.39, 0.29) is 6.42 Å². The van der Waals surface area contributed by atoms with E-state index in [9.17, 15) is 18.7 Å². The first-order chi connectivity index (χ1) is 7.98. The minimum atomic E-state index is -3.91. The normalized spacial score (nSPS) is 20.0. The molecule has 3 N–H and O–H groups in total. The van der Waals surface area contributed by atoms with Crippen LogP contribution in [-0.2, 0) is 9.63 Å². The molecule has 100 valence electrons. The van der Waals surface area contributed by atoms with Crippen LogP contribution in [0.4, 0.5) is 8.78 Å². The fourth-order valence-corrected chi connectivity index (χ4v) is 2.27. The van der Waals surface area contributed by atoms with Crippen molar-refractivity contribution < 1.29 is 23.5 Å². The van der Waals surface area contributed by atoms with Crippen LogP contribution in [0.1, 0.15) is 44.9 Å². The van der Waals surface area contributed by atoms with Gasteiger partial charge < -0.3 is 9.94 Å². The molecule has 1 atom stereocenters. The van der Waals surface area contributed by atoms with Crippen LogP contribution in [0.2, 0.25) is 0 Å². The fourth-order valence-electron chi connectivity index (χ4n) is 2.27. The van der Waals surface area contributed by atoms with Crippen molar-refractivity contribution in [3.8, 4) is 0 Å². The highest BCUT2D eigenvalue weighted by molar-refractivity contribution is 5.77.